The van der Waals surface area contributed by atoms with E-state index in [1.807, 2.05) is 6.07 Å². The van der Waals surface area contributed by atoms with Crippen molar-refractivity contribution < 1.29 is 5.11 Å². The van der Waals surface area contributed by atoms with E-state index in [2.05, 4.69) is 10.3 Å². The Morgan fingerprint density at radius 2 is 2.31 bits per heavy atom. The van der Waals surface area contributed by atoms with Gasteiger partial charge in [0.25, 0.3) is 0 Å². The summed E-state index contributed by atoms with van der Waals surface area (Å²) in [5.74, 6) is 0.597. The number of pyridine rings is 1. The van der Waals surface area contributed by atoms with Crippen molar-refractivity contribution in [3.63, 3.8) is 0 Å². The highest BCUT2D eigenvalue weighted by Crippen LogP contribution is 2.34. The number of anilines is 2. The van der Waals surface area contributed by atoms with Gasteiger partial charge in [-0.05, 0) is 31.4 Å². The zero-order valence-electron chi connectivity index (χ0n) is 8.90. The van der Waals surface area contributed by atoms with Gasteiger partial charge in [-0.25, -0.2) is 4.98 Å². The lowest BCUT2D eigenvalue weighted by Gasteiger charge is -2.41. The summed E-state index contributed by atoms with van der Waals surface area (Å²) >= 11 is 0. The predicted molar refractivity (Wildman–Crippen MR) is 60.7 cm³/mol. The molecule has 1 aliphatic rings. The summed E-state index contributed by atoms with van der Waals surface area (Å²) in [6.45, 7) is 0.0843. The summed E-state index contributed by atoms with van der Waals surface area (Å²) in [7, 11) is 0. The first kappa shape index (κ1) is 10.7. The Hall–Kier alpha value is -1.80. The van der Waals surface area contributed by atoms with Crippen molar-refractivity contribution in [3.05, 3.63) is 17.8 Å². The van der Waals surface area contributed by atoms with Crippen LogP contribution in [0.5, 0.6) is 0 Å². The Morgan fingerprint density at radius 3 is 2.81 bits per heavy atom. The first-order chi connectivity index (χ1) is 7.69. The maximum atomic E-state index is 9.30. The molecule has 0 radical (unpaired) electrons. The van der Waals surface area contributed by atoms with E-state index in [1.54, 1.807) is 12.1 Å². The highest BCUT2D eigenvalue weighted by Gasteiger charge is 2.36. The average Bonchev–Trinajstić information content (AvgIpc) is 2.25. The molecule has 2 rings (SSSR count). The topological polar surface area (TPSA) is 95.0 Å². The molecule has 5 nitrogen and oxygen atoms in total. The summed E-state index contributed by atoms with van der Waals surface area (Å²) in [6.07, 6.45) is 2.96. The van der Waals surface area contributed by atoms with Gasteiger partial charge in [-0.15, -0.1) is 0 Å². The van der Waals surface area contributed by atoms with Gasteiger partial charge in [-0.2, -0.15) is 5.26 Å². The van der Waals surface area contributed by atoms with Crippen LogP contribution in [0, 0.1) is 11.3 Å². The normalized spacial score (nSPS) is 17.2. The van der Waals surface area contributed by atoms with Gasteiger partial charge < -0.3 is 16.2 Å². The molecule has 16 heavy (non-hydrogen) atoms. The Kier molecular flexibility index (Phi) is 2.67. The van der Waals surface area contributed by atoms with Crippen molar-refractivity contribution >= 4 is 11.5 Å². The number of nitrogens with two attached hydrogens (primary N) is 1. The van der Waals surface area contributed by atoms with Gasteiger partial charge in [0.15, 0.2) is 5.69 Å². The van der Waals surface area contributed by atoms with Crippen LogP contribution in [0.3, 0.4) is 0 Å². The highest BCUT2D eigenvalue weighted by molar-refractivity contribution is 5.55. The molecule has 1 heterocycles. The SMILES string of the molecule is N#Cc1nc(NC2(CO)CCC2)ccc1N. The number of nitrogens with zero attached hydrogens (tertiary/aromatic N) is 2. The maximum Gasteiger partial charge on any atom is 0.165 e. The Labute approximate surface area is 93.9 Å². The van der Waals surface area contributed by atoms with Crippen molar-refractivity contribution in [3.8, 4) is 6.07 Å². The van der Waals surface area contributed by atoms with E-state index in [9.17, 15) is 5.11 Å². The van der Waals surface area contributed by atoms with Crippen LogP contribution < -0.4 is 11.1 Å². The maximum absolute atomic E-state index is 9.30. The zero-order valence-corrected chi connectivity index (χ0v) is 8.90. The number of nitrogens with one attached hydrogen (secondary N) is 1. The molecular weight excluding hydrogens is 204 g/mol. The summed E-state index contributed by atoms with van der Waals surface area (Å²) < 4.78 is 0. The quantitative estimate of drug-likeness (QED) is 0.699. The van der Waals surface area contributed by atoms with Gasteiger partial charge in [-0.3, -0.25) is 0 Å². The number of nitrogen functional groups attached to an aromatic ring is 1. The third-order valence-electron chi connectivity index (χ3n) is 3.04. The number of hydrogen-bond acceptors (Lipinski definition) is 5. The second-order valence-corrected chi connectivity index (χ2v) is 4.16. The molecule has 0 bridgehead atoms. The standard InChI is InChI=1S/C11H14N4O/c12-6-9-8(13)2-3-10(14-9)15-11(7-16)4-1-5-11/h2-3,16H,1,4-5,7,13H2,(H,14,15). The van der Waals surface area contributed by atoms with Crippen molar-refractivity contribution in [1.29, 1.82) is 5.26 Å². The number of hydrogen-bond donors (Lipinski definition) is 3. The molecule has 0 amide bonds. The van der Waals surface area contributed by atoms with E-state index in [4.69, 9.17) is 11.0 Å². The number of nitriles is 1. The fraction of sp³-hybridized carbons (Fsp3) is 0.455. The first-order valence-corrected chi connectivity index (χ1v) is 5.25. The number of aromatic nitrogens is 1. The molecule has 84 valence electrons. The van der Waals surface area contributed by atoms with E-state index < -0.39 is 0 Å². The monoisotopic (exact) mass is 218 g/mol. The highest BCUT2D eigenvalue weighted by atomic mass is 16.3. The third-order valence-corrected chi connectivity index (χ3v) is 3.04. The van der Waals surface area contributed by atoms with Crippen molar-refractivity contribution in [2.45, 2.75) is 24.8 Å². The predicted octanol–water partition coefficient (Wildman–Crippen LogP) is 0.862. The molecule has 5 heteroatoms. The van der Waals surface area contributed by atoms with Crippen molar-refractivity contribution in [1.82, 2.24) is 4.98 Å². The molecule has 1 fully saturated rings. The summed E-state index contributed by atoms with van der Waals surface area (Å²) in [5, 5.41) is 21.3. The second kappa shape index (κ2) is 3.99. The fourth-order valence-corrected chi connectivity index (χ4v) is 1.83. The molecule has 0 aliphatic heterocycles. The number of rotatable bonds is 3. The van der Waals surface area contributed by atoms with Crippen molar-refractivity contribution in [2.75, 3.05) is 17.7 Å². The zero-order chi connectivity index (χ0) is 11.6. The molecule has 4 N–H and O–H groups in total. The molecular formula is C11H14N4O. The van der Waals surface area contributed by atoms with E-state index in [0.29, 0.717) is 11.5 Å². The van der Waals surface area contributed by atoms with Gasteiger partial charge >= 0.3 is 0 Å². The molecule has 0 saturated heterocycles. The van der Waals surface area contributed by atoms with Gasteiger partial charge in [0.05, 0.1) is 17.8 Å². The fourth-order valence-electron chi connectivity index (χ4n) is 1.83. The average molecular weight is 218 g/mol. The Balaban J connectivity index is 2.19. The van der Waals surface area contributed by atoms with E-state index in [1.165, 1.54) is 0 Å². The lowest BCUT2D eigenvalue weighted by Crippen LogP contribution is -2.48. The van der Waals surface area contributed by atoms with E-state index in [0.717, 1.165) is 19.3 Å². The van der Waals surface area contributed by atoms with E-state index >= 15 is 0 Å². The molecule has 0 aromatic carbocycles. The molecule has 1 aromatic rings. The molecule has 0 unspecified atom stereocenters. The number of aliphatic hydroxyl groups excluding tert-OH is 1. The lowest BCUT2D eigenvalue weighted by molar-refractivity contribution is 0.144. The Bertz CT molecular complexity index is 429. The van der Waals surface area contributed by atoms with Gasteiger partial charge in [0.1, 0.15) is 11.9 Å². The van der Waals surface area contributed by atoms with Crippen LogP contribution in [0.25, 0.3) is 0 Å². The summed E-state index contributed by atoms with van der Waals surface area (Å²) in [6, 6.07) is 5.32. The minimum absolute atomic E-state index is 0.0843. The van der Waals surface area contributed by atoms with Crippen LogP contribution in [0.4, 0.5) is 11.5 Å². The first-order valence-electron chi connectivity index (χ1n) is 5.25. The molecule has 1 aliphatic carbocycles. The minimum atomic E-state index is -0.254. The van der Waals surface area contributed by atoms with Gasteiger partial charge in [0.2, 0.25) is 0 Å². The summed E-state index contributed by atoms with van der Waals surface area (Å²) in [5.41, 5.74) is 5.92. The largest absolute Gasteiger partial charge is 0.396 e. The molecule has 1 aromatic heterocycles. The van der Waals surface area contributed by atoms with Crippen LogP contribution in [0.1, 0.15) is 25.0 Å². The molecule has 0 spiro atoms. The van der Waals surface area contributed by atoms with Crippen LogP contribution in [-0.2, 0) is 0 Å². The van der Waals surface area contributed by atoms with Crippen molar-refractivity contribution in [2.24, 2.45) is 0 Å². The number of aliphatic hydroxyl groups is 1. The smallest absolute Gasteiger partial charge is 0.165 e. The van der Waals surface area contributed by atoms with Gasteiger partial charge in [-0.1, -0.05) is 0 Å². The molecule has 1 saturated carbocycles. The van der Waals surface area contributed by atoms with Crippen LogP contribution >= 0.6 is 0 Å². The lowest BCUT2D eigenvalue weighted by atomic mass is 9.77. The van der Waals surface area contributed by atoms with Crippen LogP contribution in [-0.4, -0.2) is 22.2 Å². The van der Waals surface area contributed by atoms with Crippen LogP contribution in [0.15, 0.2) is 12.1 Å². The van der Waals surface area contributed by atoms with Crippen LogP contribution in [0.2, 0.25) is 0 Å². The third kappa shape index (κ3) is 1.79. The second-order valence-electron chi connectivity index (χ2n) is 4.16. The minimum Gasteiger partial charge on any atom is -0.396 e. The van der Waals surface area contributed by atoms with Gasteiger partial charge in [0, 0.05) is 0 Å². The molecule has 0 atom stereocenters. The summed E-state index contributed by atoms with van der Waals surface area (Å²) in [4.78, 5) is 4.10. The van der Waals surface area contributed by atoms with E-state index in [-0.39, 0.29) is 17.8 Å². The Morgan fingerprint density at radius 1 is 1.56 bits per heavy atom.